The molecule has 1 atom stereocenters. The van der Waals surface area contributed by atoms with E-state index in [1.165, 1.54) is 24.2 Å². The van der Waals surface area contributed by atoms with Gasteiger partial charge in [0, 0.05) is 19.1 Å². The topological polar surface area (TPSA) is 71.2 Å². The van der Waals surface area contributed by atoms with E-state index in [2.05, 4.69) is 21.8 Å². The van der Waals surface area contributed by atoms with Crippen molar-refractivity contribution in [1.82, 2.24) is 10.3 Å². The first-order valence-electron chi connectivity index (χ1n) is 6.55. The Bertz CT molecular complexity index is 465. The van der Waals surface area contributed by atoms with Crippen LogP contribution in [0.3, 0.4) is 0 Å². The summed E-state index contributed by atoms with van der Waals surface area (Å²) in [6.07, 6.45) is 4.88. The predicted octanol–water partition coefficient (Wildman–Crippen LogP) is 2.02. The lowest BCUT2D eigenvalue weighted by atomic mass is 10.2. The van der Waals surface area contributed by atoms with Crippen LogP contribution in [0.25, 0.3) is 0 Å². The Balaban J connectivity index is 2.07. The van der Waals surface area contributed by atoms with Crippen molar-refractivity contribution in [2.24, 2.45) is 0 Å². The molecule has 0 aromatic carbocycles. The number of anilines is 2. The highest BCUT2D eigenvalue weighted by Gasteiger charge is 2.22. The van der Waals surface area contributed by atoms with Crippen molar-refractivity contribution in [2.75, 3.05) is 23.7 Å². The van der Waals surface area contributed by atoms with Crippen LogP contribution in [0.5, 0.6) is 0 Å². The summed E-state index contributed by atoms with van der Waals surface area (Å²) in [5.74, 6) is 0.185. The van der Waals surface area contributed by atoms with Crippen molar-refractivity contribution in [2.45, 2.75) is 32.2 Å². The number of hydrogen-bond donors (Lipinski definition) is 2. The zero-order chi connectivity index (χ0) is 13.8. The summed E-state index contributed by atoms with van der Waals surface area (Å²) in [6, 6.07) is 0.0572. The number of nitrogens with two attached hydrogens (primary N) is 1. The minimum atomic E-state index is -0.144. The summed E-state index contributed by atoms with van der Waals surface area (Å²) < 4.78 is 0. The number of nitrogens with zero attached hydrogens (tertiary/aromatic N) is 2. The molecule has 1 aliphatic heterocycles. The second-order valence-corrected chi connectivity index (χ2v) is 5.78. The molecule has 19 heavy (non-hydrogen) atoms. The fourth-order valence-electron chi connectivity index (χ4n) is 2.12. The molecule has 0 saturated carbocycles. The maximum atomic E-state index is 12.1. The largest absolute Gasteiger partial charge is 0.382 e. The fourth-order valence-corrected chi connectivity index (χ4v) is 3.06. The van der Waals surface area contributed by atoms with Gasteiger partial charge in [-0.1, -0.05) is 17.4 Å². The van der Waals surface area contributed by atoms with Gasteiger partial charge in [0.25, 0.3) is 5.91 Å². The molecule has 2 heterocycles. The first-order chi connectivity index (χ1) is 9.11. The molecule has 3 N–H and O–H groups in total. The van der Waals surface area contributed by atoms with Gasteiger partial charge in [-0.3, -0.25) is 4.79 Å². The fraction of sp³-hybridized carbons (Fsp3) is 0.538. The van der Waals surface area contributed by atoms with E-state index < -0.39 is 0 Å². The zero-order valence-electron chi connectivity index (χ0n) is 11.2. The third-order valence-corrected chi connectivity index (χ3v) is 4.25. The number of nitrogen functional groups attached to an aromatic ring is 1. The monoisotopic (exact) mass is 280 g/mol. The molecule has 104 valence electrons. The Labute approximate surface area is 117 Å². The summed E-state index contributed by atoms with van der Waals surface area (Å²) in [4.78, 5) is 19.1. The molecule has 0 radical (unpaired) electrons. The predicted molar refractivity (Wildman–Crippen MR) is 79.7 cm³/mol. The van der Waals surface area contributed by atoms with Crippen LogP contribution >= 0.6 is 11.3 Å². The molecule has 1 unspecified atom stereocenters. The first kappa shape index (κ1) is 13.9. The first-order valence-corrected chi connectivity index (χ1v) is 7.36. The van der Waals surface area contributed by atoms with Gasteiger partial charge in [-0.05, 0) is 26.2 Å². The van der Waals surface area contributed by atoms with E-state index in [9.17, 15) is 4.79 Å². The molecule has 1 saturated heterocycles. The van der Waals surface area contributed by atoms with Crippen LogP contribution in [0.2, 0.25) is 0 Å². The van der Waals surface area contributed by atoms with Crippen molar-refractivity contribution in [1.29, 1.82) is 0 Å². The third kappa shape index (κ3) is 3.26. The van der Waals surface area contributed by atoms with Crippen LogP contribution in [-0.4, -0.2) is 30.0 Å². The van der Waals surface area contributed by atoms with Crippen molar-refractivity contribution < 1.29 is 4.79 Å². The minimum Gasteiger partial charge on any atom is -0.382 e. The molecule has 1 aliphatic rings. The number of carbonyl (C=O) groups excluding carboxylic acids is 1. The molecule has 5 nitrogen and oxygen atoms in total. The van der Waals surface area contributed by atoms with Gasteiger partial charge in [-0.15, -0.1) is 6.58 Å². The smallest absolute Gasteiger partial charge is 0.265 e. The van der Waals surface area contributed by atoms with Crippen molar-refractivity contribution in [3.05, 3.63) is 17.5 Å². The van der Waals surface area contributed by atoms with Crippen LogP contribution in [0.15, 0.2) is 12.7 Å². The summed E-state index contributed by atoms with van der Waals surface area (Å²) in [6.45, 7) is 7.61. The van der Waals surface area contributed by atoms with Crippen LogP contribution in [0, 0.1) is 0 Å². The summed E-state index contributed by atoms with van der Waals surface area (Å²) in [7, 11) is 0. The molecular formula is C13H20N4OS. The number of thiazole rings is 1. The lowest BCUT2D eigenvalue weighted by Crippen LogP contribution is -2.31. The van der Waals surface area contributed by atoms with Crippen LogP contribution in [0.4, 0.5) is 10.9 Å². The van der Waals surface area contributed by atoms with Gasteiger partial charge in [-0.25, -0.2) is 4.98 Å². The van der Waals surface area contributed by atoms with E-state index in [1.54, 1.807) is 6.08 Å². The van der Waals surface area contributed by atoms with Crippen LogP contribution in [0.1, 0.15) is 35.9 Å². The SMILES string of the molecule is C=CCC(C)NC(=O)c1sc(N2CCCC2)nc1N. The lowest BCUT2D eigenvalue weighted by molar-refractivity contribution is 0.0945. The average Bonchev–Trinajstić information content (AvgIpc) is 2.97. The average molecular weight is 280 g/mol. The number of hydrogen-bond acceptors (Lipinski definition) is 5. The number of rotatable bonds is 5. The van der Waals surface area contributed by atoms with Gasteiger partial charge in [0.2, 0.25) is 0 Å². The Hall–Kier alpha value is -1.56. The van der Waals surface area contributed by atoms with E-state index in [0.29, 0.717) is 10.7 Å². The van der Waals surface area contributed by atoms with E-state index >= 15 is 0 Å². The van der Waals surface area contributed by atoms with Gasteiger partial charge < -0.3 is 16.0 Å². The van der Waals surface area contributed by atoms with E-state index in [-0.39, 0.29) is 11.9 Å². The van der Waals surface area contributed by atoms with E-state index in [1.807, 2.05) is 6.92 Å². The highest BCUT2D eigenvalue weighted by molar-refractivity contribution is 7.18. The van der Waals surface area contributed by atoms with Gasteiger partial charge in [-0.2, -0.15) is 0 Å². The van der Waals surface area contributed by atoms with Crippen molar-refractivity contribution in [3.63, 3.8) is 0 Å². The Morgan fingerprint density at radius 3 is 2.95 bits per heavy atom. The molecule has 1 aromatic heterocycles. The summed E-state index contributed by atoms with van der Waals surface area (Å²) >= 11 is 1.38. The van der Waals surface area contributed by atoms with E-state index in [4.69, 9.17) is 5.73 Å². The number of nitrogens with one attached hydrogen (secondary N) is 1. The normalized spacial score (nSPS) is 16.4. The highest BCUT2D eigenvalue weighted by Crippen LogP contribution is 2.30. The molecular weight excluding hydrogens is 260 g/mol. The Morgan fingerprint density at radius 1 is 1.63 bits per heavy atom. The third-order valence-electron chi connectivity index (χ3n) is 3.12. The van der Waals surface area contributed by atoms with Gasteiger partial charge in [0.05, 0.1) is 0 Å². The summed E-state index contributed by atoms with van der Waals surface area (Å²) in [5.41, 5.74) is 5.85. The molecule has 0 spiro atoms. The highest BCUT2D eigenvalue weighted by atomic mass is 32.1. The molecule has 6 heteroatoms. The number of amides is 1. The lowest BCUT2D eigenvalue weighted by Gasteiger charge is -2.12. The molecule has 0 aliphatic carbocycles. The van der Waals surface area contributed by atoms with Gasteiger partial charge in [0.15, 0.2) is 5.13 Å². The number of aromatic nitrogens is 1. The second kappa shape index (κ2) is 6.06. The van der Waals surface area contributed by atoms with Crippen molar-refractivity contribution >= 4 is 28.2 Å². The minimum absolute atomic E-state index is 0.0572. The standard InChI is InChI=1S/C13H20N4OS/c1-3-6-9(2)15-12(18)10-11(14)16-13(19-10)17-7-4-5-8-17/h3,9H,1,4-8,14H2,2H3,(H,15,18). The zero-order valence-corrected chi connectivity index (χ0v) is 12.0. The Morgan fingerprint density at radius 2 is 2.32 bits per heavy atom. The molecule has 1 amide bonds. The van der Waals surface area contributed by atoms with Crippen LogP contribution < -0.4 is 16.0 Å². The van der Waals surface area contributed by atoms with Crippen LogP contribution in [-0.2, 0) is 0 Å². The van der Waals surface area contributed by atoms with Gasteiger partial charge >= 0.3 is 0 Å². The van der Waals surface area contributed by atoms with E-state index in [0.717, 1.165) is 24.6 Å². The number of carbonyl (C=O) groups is 1. The molecule has 0 bridgehead atoms. The van der Waals surface area contributed by atoms with Crippen molar-refractivity contribution in [3.8, 4) is 0 Å². The molecule has 1 aromatic rings. The van der Waals surface area contributed by atoms with Gasteiger partial charge in [0.1, 0.15) is 10.7 Å². The Kier molecular flexibility index (Phi) is 4.42. The molecule has 2 rings (SSSR count). The summed E-state index contributed by atoms with van der Waals surface area (Å²) in [5, 5.41) is 3.76. The molecule has 1 fully saturated rings. The quantitative estimate of drug-likeness (QED) is 0.809. The maximum Gasteiger partial charge on any atom is 0.265 e. The second-order valence-electron chi connectivity index (χ2n) is 4.80. The maximum absolute atomic E-state index is 12.1.